The van der Waals surface area contributed by atoms with Crippen molar-refractivity contribution >= 4 is 5.91 Å². The van der Waals surface area contributed by atoms with Crippen molar-refractivity contribution in [1.82, 2.24) is 15.5 Å². The zero-order valence-corrected chi connectivity index (χ0v) is 16.4. The van der Waals surface area contributed by atoms with Gasteiger partial charge in [0, 0.05) is 24.4 Å². The highest BCUT2D eigenvalue weighted by Gasteiger charge is 2.27. The Kier molecular flexibility index (Phi) is 6.48. The molecule has 1 aromatic carbocycles. The van der Waals surface area contributed by atoms with E-state index in [4.69, 9.17) is 9.26 Å². The maximum Gasteiger partial charge on any atom is 0.226 e. The Morgan fingerprint density at radius 3 is 2.78 bits per heavy atom. The molecule has 6 heteroatoms. The summed E-state index contributed by atoms with van der Waals surface area (Å²) in [6, 6.07) is 7.83. The average Bonchev–Trinajstić information content (AvgIpc) is 3.14. The van der Waals surface area contributed by atoms with Gasteiger partial charge in [0.2, 0.25) is 17.6 Å². The summed E-state index contributed by atoms with van der Waals surface area (Å²) in [6.45, 7) is 4.52. The van der Waals surface area contributed by atoms with Crippen LogP contribution in [0.3, 0.4) is 0 Å². The van der Waals surface area contributed by atoms with Gasteiger partial charge in [-0.2, -0.15) is 4.98 Å². The van der Waals surface area contributed by atoms with E-state index in [9.17, 15) is 4.79 Å². The third kappa shape index (κ3) is 5.08. The third-order valence-corrected chi connectivity index (χ3v) is 5.66. The second-order valence-electron chi connectivity index (χ2n) is 7.54. The van der Waals surface area contributed by atoms with Crippen molar-refractivity contribution < 1.29 is 14.1 Å². The van der Waals surface area contributed by atoms with Crippen molar-refractivity contribution in [2.24, 2.45) is 11.8 Å². The van der Waals surface area contributed by atoms with E-state index in [1.807, 2.05) is 24.3 Å². The lowest BCUT2D eigenvalue weighted by molar-refractivity contribution is -0.122. The summed E-state index contributed by atoms with van der Waals surface area (Å²) in [6.07, 6.45) is 5.34. The fraction of sp³-hybridized carbons (Fsp3) is 0.571. The molecule has 3 atom stereocenters. The van der Waals surface area contributed by atoms with Gasteiger partial charge in [-0.1, -0.05) is 31.8 Å². The standard InChI is InChI=1S/C21H29N3O3/c1-14-6-4-7-18(15(14)2)22-19(25)8-5-9-20-23-21(24-27-20)16-10-12-17(26-3)13-11-16/h10-15,18H,4-9H2,1-3H3,(H,22,25). The Balaban J connectivity index is 1.45. The maximum atomic E-state index is 12.3. The van der Waals surface area contributed by atoms with Crippen molar-refractivity contribution in [2.75, 3.05) is 7.11 Å². The van der Waals surface area contributed by atoms with Crippen LogP contribution in [-0.4, -0.2) is 29.2 Å². The number of aryl methyl sites for hydroxylation is 1. The lowest BCUT2D eigenvalue weighted by Gasteiger charge is -2.34. The molecule has 1 fully saturated rings. The van der Waals surface area contributed by atoms with E-state index in [1.54, 1.807) is 7.11 Å². The highest BCUT2D eigenvalue weighted by molar-refractivity contribution is 5.76. The lowest BCUT2D eigenvalue weighted by atomic mass is 9.78. The first-order valence-electron chi connectivity index (χ1n) is 9.83. The first kappa shape index (κ1) is 19.4. The van der Waals surface area contributed by atoms with E-state index in [0.717, 1.165) is 17.7 Å². The molecule has 1 amide bonds. The highest BCUT2D eigenvalue weighted by Crippen LogP contribution is 2.29. The van der Waals surface area contributed by atoms with Crippen LogP contribution in [0.4, 0.5) is 0 Å². The molecule has 1 aliphatic rings. The van der Waals surface area contributed by atoms with Crippen molar-refractivity contribution in [3.8, 4) is 17.1 Å². The Bertz CT molecular complexity index is 741. The highest BCUT2D eigenvalue weighted by atomic mass is 16.5. The smallest absolute Gasteiger partial charge is 0.226 e. The van der Waals surface area contributed by atoms with E-state index in [1.165, 1.54) is 12.8 Å². The van der Waals surface area contributed by atoms with Crippen LogP contribution in [0.2, 0.25) is 0 Å². The number of amides is 1. The second-order valence-corrected chi connectivity index (χ2v) is 7.54. The topological polar surface area (TPSA) is 77.2 Å². The average molecular weight is 371 g/mol. The molecule has 6 nitrogen and oxygen atoms in total. The largest absolute Gasteiger partial charge is 0.497 e. The van der Waals surface area contributed by atoms with Crippen LogP contribution >= 0.6 is 0 Å². The van der Waals surface area contributed by atoms with Gasteiger partial charge in [-0.05, 0) is 48.9 Å². The van der Waals surface area contributed by atoms with Crippen LogP contribution in [0.1, 0.15) is 51.8 Å². The van der Waals surface area contributed by atoms with Crippen LogP contribution in [-0.2, 0) is 11.2 Å². The number of ether oxygens (including phenoxy) is 1. The zero-order valence-electron chi connectivity index (χ0n) is 16.4. The number of carbonyl (C=O) groups is 1. The van der Waals surface area contributed by atoms with E-state index in [-0.39, 0.29) is 5.91 Å². The summed E-state index contributed by atoms with van der Waals surface area (Å²) in [4.78, 5) is 16.7. The molecule has 0 bridgehead atoms. The maximum absolute atomic E-state index is 12.3. The lowest BCUT2D eigenvalue weighted by Crippen LogP contribution is -2.43. The first-order valence-corrected chi connectivity index (χ1v) is 9.83. The van der Waals surface area contributed by atoms with Gasteiger partial charge in [0.1, 0.15) is 5.75 Å². The monoisotopic (exact) mass is 371 g/mol. The zero-order chi connectivity index (χ0) is 19.2. The molecule has 27 heavy (non-hydrogen) atoms. The summed E-state index contributed by atoms with van der Waals surface area (Å²) < 4.78 is 10.5. The van der Waals surface area contributed by atoms with Crippen LogP contribution in [0.25, 0.3) is 11.4 Å². The van der Waals surface area contributed by atoms with E-state index < -0.39 is 0 Å². The van der Waals surface area contributed by atoms with Crippen LogP contribution in [0.15, 0.2) is 28.8 Å². The fourth-order valence-electron chi connectivity index (χ4n) is 3.68. The van der Waals surface area contributed by atoms with Crippen LogP contribution in [0, 0.1) is 11.8 Å². The van der Waals surface area contributed by atoms with Crippen molar-refractivity contribution in [3.63, 3.8) is 0 Å². The number of hydrogen-bond donors (Lipinski definition) is 1. The molecule has 0 spiro atoms. The van der Waals surface area contributed by atoms with E-state index >= 15 is 0 Å². The number of nitrogens with one attached hydrogen (secondary N) is 1. The van der Waals surface area contributed by atoms with Crippen LogP contribution < -0.4 is 10.1 Å². The van der Waals surface area contributed by atoms with Crippen LogP contribution in [0.5, 0.6) is 5.75 Å². The molecule has 0 saturated heterocycles. The minimum absolute atomic E-state index is 0.121. The molecule has 1 saturated carbocycles. The molecule has 1 N–H and O–H groups in total. The molecule has 1 aliphatic carbocycles. The minimum Gasteiger partial charge on any atom is -0.497 e. The molecular formula is C21H29N3O3. The van der Waals surface area contributed by atoms with Gasteiger partial charge in [-0.15, -0.1) is 0 Å². The molecule has 0 aliphatic heterocycles. The predicted octanol–water partition coefficient (Wildman–Crippen LogP) is 4.01. The van der Waals surface area contributed by atoms with Gasteiger partial charge >= 0.3 is 0 Å². The van der Waals surface area contributed by atoms with Gasteiger partial charge in [0.05, 0.1) is 7.11 Å². The molecule has 3 unspecified atom stereocenters. The van der Waals surface area contributed by atoms with Gasteiger partial charge in [-0.3, -0.25) is 4.79 Å². The number of benzene rings is 1. The molecular weight excluding hydrogens is 342 g/mol. The van der Waals surface area contributed by atoms with E-state index in [0.29, 0.717) is 48.9 Å². The normalized spacial score (nSPS) is 22.4. The van der Waals surface area contributed by atoms with Gasteiger partial charge in [-0.25, -0.2) is 0 Å². The summed E-state index contributed by atoms with van der Waals surface area (Å²) in [5.74, 6) is 3.26. The van der Waals surface area contributed by atoms with Crippen molar-refractivity contribution in [1.29, 1.82) is 0 Å². The quantitative estimate of drug-likeness (QED) is 0.796. The number of nitrogens with zero attached hydrogens (tertiary/aromatic N) is 2. The Hall–Kier alpha value is -2.37. The fourth-order valence-corrected chi connectivity index (χ4v) is 3.68. The number of methoxy groups -OCH3 is 1. The number of rotatable bonds is 7. The molecule has 0 radical (unpaired) electrons. The first-order chi connectivity index (χ1) is 13.1. The van der Waals surface area contributed by atoms with Gasteiger partial charge in [0.15, 0.2) is 0 Å². The number of hydrogen-bond acceptors (Lipinski definition) is 5. The summed E-state index contributed by atoms with van der Waals surface area (Å²) in [5.41, 5.74) is 0.879. The van der Waals surface area contributed by atoms with E-state index in [2.05, 4.69) is 29.3 Å². The Labute approximate surface area is 160 Å². The Morgan fingerprint density at radius 1 is 1.26 bits per heavy atom. The SMILES string of the molecule is COc1ccc(-c2noc(CCCC(=O)NC3CCCC(C)C3C)n2)cc1. The second kappa shape index (κ2) is 9.02. The summed E-state index contributed by atoms with van der Waals surface area (Å²) in [7, 11) is 1.63. The molecule has 3 rings (SSSR count). The third-order valence-electron chi connectivity index (χ3n) is 5.66. The molecule has 1 heterocycles. The molecule has 2 aromatic rings. The van der Waals surface area contributed by atoms with Crippen molar-refractivity contribution in [3.05, 3.63) is 30.2 Å². The summed E-state index contributed by atoms with van der Waals surface area (Å²) in [5, 5.41) is 7.23. The minimum atomic E-state index is 0.121. The molecule has 1 aromatic heterocycles. The van der Waals surface area contributed by atoms with Gasteiger partial charge < -0.3 is 14.6 Å². The predicted molar refractivity (Wildman–Crippen MR) is 103 cm³/mol. The Morgan fingerprint density at radius 2 is 2.04 bits per heavy atom. The number of carbonyl (C=O) groups excluding carboxylic acids is 1. The van der Waals surface area contributed by atoms with Crippen molar-refractivity contribution in [2.45, 2.75) is 58.4 Å². The molecule has 146 valence electrons. The number of aromatic nitrogens is 2. The summed E-state index contributed by atoms with van der Waals surface area (Å²) >= 11 is 0. The van der Waals surface area contributed by atoms with Gasteiger partial charge in [0.25, 0.3) is 0 Å².